The van der Waals surface area contributed by atoms with E-state index in [4.69, 9.17) is 0 Å². The molecule has 3 heteroatoms. The molecule has 2 amide bonds. The molecular formula is C11H22N2O. The number of rotatable bonds is 4. The summed E-state index contributed by atoms with van der Waals surface area (Å²) in [5.41, 5.74) is 0.411. The summed E-state index contributed by atoms with van der Waals surface area (Å²) in [6.45, 7) is 6.99. The van der Waals surface area contributed by atoms with Crippen LogP contribution in [0.5, 0.6) is 0 Å². The third-order valence-corrected chi connectivity index (χ3v) is 3.21. The Balaban J connectivity index is 2.22. The first-order chi connectivity index (χ1) is 6.58. The molecule has 0 aromatic heterocycles. The van der Waals surface area contributed by atoms with Crippen LogP contribution in [0.1, 0.15) is 46.5 Å². The monoisotopic (exact) mass is 198 g/mol. The number of urea groups is 1. The molecule has 0 saturated heterocycles. The van der Waals surface area contributed by atoms with Gasteiger partial charge in [0.25, 0.3) is 0 Å². The molecule has 3 nitrogen and oxygen atoms in total. The van der Waals surface area contributed by atoms with Gasteiger partial charge in [-0.25, -0.2) is 4.79 Å². The van der Waals surface area contributed by atoms with Crippen molar-refractivity contribution >= 4 is 6.03 Å². The van der Waals surface area contributed by atoms with E-state index < -0.39 is 0 Å². The highest BCUT2D eigenvalue weighted by molar-refractivity contribution is 5.74. The Morgan fingerprint density at radius 2 is 2.07 bits per heavy atom. The van der Waals surface area contributed by atoms with Gasteiger partial charge in [-0.1, -0.05) is 13.3 Å². The van der Waals surface area contributed by atoms with Crippen LogP contribution in [0.15, 0.2) is 0 Å². The number of hydrogen-bond acceptors (Lipinski definition) is 1. The first kappa shape index (κ1) is 11.3. The summed E-state index contributed by atoms with van der Waals surface area (Å²) in [6, 6.07) is 0.189. The van der Waals surface area contributed by atoms with Crippen molar-refractivity contribution in [2.24, 2.45) is 5.41 Å². The molecule has 1 fully saturated rings. The van der Waals surface area contributed by atoms with Gasteiger partial charge in [0.15, 0.2) is 0 Å². The fourth-order valence-electron chi connectivity index (χ4n) is 1.91. The van der Waals surface area contributed by atoms with Gasteiger partial charge in [-0.2, -0.15) is 0 Å². The maximum absolute atomic E-state index is 11.3. The Hall–Kier alpha value is -0.730. The molecule has 0 spiro atoms. The number of nitrogens with one attached hydrogen (secondary N) is 2. The average Bonchev–Trinajstić information content (AvgIpc) is 2.01. The van der Waals surface area contributed by atoms with Crippen molar-refractivity contribution < 1.29 is 4.79 Å². The van der Waals surface area contributed by atoms with E-state index in [1.165, 1.54) is 25.7 Å². The van der Waals surface area contributed by atoms with Crippen LogP contribution in [0.2, 0.25) is 0 Å². The minimum atomic E-state index is -0.0280. The highest BCUT2D eigenvalue weighted by atomic mass is 16.2. The normalized spacial score (nSPS) is 18.9. The zero-order valence-electron chi connectivity index (χ0n) is 9.52. The second-order valence-electron chi connectivity index (χ2n) is 4.69. The van der Waals surface area contributed by atoms with Gasteiger partial charge in [0, 0.05) is 12.6 Å². The Kier molecular flexibility index (Phi) is 3.78. The van der Waals surface area contributed by atoms with Crippen molar-refractivity contribution in [3.63, 3.8) is 0 Å². The molecule has 0 heterocycles. The van der Waals surface area contributed by atoms with Crippen molar-refractivity contribution in [2.75, 3.05) is 6.54 Å². The Labute approximate surface area is 86.6 Å². The Morgan fingerprint density at radius 1 is 1.43 bits per heavy atom. The minimum absolute atomic E-state index is 0.0280. The molecule has 0 aromatic carbocycles. The lowest BCUT2D eigenvalue weighted by Crippen LogP contribution is -2.46. The average molecular weight is 198 g/mol. The molecule has 0 atom stereocenters. The number of carbonyl (C=O) groups is 1. The van der Waals surface area contributed by atoms with E-state index in [2.05, 4.69) is 17.6 Å². The van der Waals surface area contributed by atoms with Crippen LogP contribution in [0.4, 0.5) is 4.79 Å². The molecule has 0 radical (unpaired) electrons. The van der Waals surface area contributed by atoms with E-state index >= 15 is 0 Å². The summed E-state index contributed by atoms with van der Waals surface area (Å²) in [5, 5.41) is 5.80. The molecule has 1 aliphatic rings. The number of hydrogen-bond donors (Lipinski definition) is 2. The third-order valence-electron chi connectivity index (χ3n) is 3.21. The smallest absolute Gasteiger partial charge is 0.315 e. The summed E-state index contributed by atoms with van der Waals surface area (Å²) in [4.78, 5) is 11.3. The standard InChI is InChI=1S/C11H22N2O/c1-4-11(6-5-7-11)8-12-10(14)13-9(2)3/h9H,4-8H2,1-3H3,(H2,12,13,14). The van der Waals surface area contributed by atoms with E-state index in [-0.39, 0.29) is 12.1 Å². The molecule has 0 aliphatic heterocycles. The molecule has 1 saturated carbocycles. The second-order valence-corrected chi connectivity index (χ2v) is 4.69. The fraction of sp³-hybridized carbons (Fsp3) is 0.909. The van der Waals surface area contributed by atoms with Crippen molar-refractivity contribution in [2.45, 2.75) is 52.5 Å². The van der Waals surface area contributed by atoms with Gasteiger partial charge in [-0.15, -0.1) is 0 Å². The van der Waals surface area contributed by atoms with Crippen molar-refractivity contribution in [3.8, 4) is 0 Å². The Morgan fingerprint density at radius 3 is 2.43 bits per heavy atom. The lowest BCUT2D eigenvalue weighted by Gasteiger charge is -2.41. The summed E-state index contributed by atoms with van der Waals surface area (Å²) in [7, 11) is 0. The van der Waals surface area contributed by atoms with E-state index in [1.807, 2.05) is 13.8 Å². The quantitative estimate of drug-likeness (QED) is 0.715. The number of amides is 2. The van der Waals surface area contributed by atoms with Gasteiger partial charge in [0.05, 0.1) is 0 Å². The highest BCUT2D eigenvalue weighted by Crippen LogP contribution is 2.42. The van der Waals surface area contributed by atoms with Crippen LogP contribution in [0.3, 0.4) is 0 Å². The van der Waals surface area contributed by atoms with Gasteiger partial charge in [-0.05, 0) is 38.5 Å². The SMILES string of the molecule is CCC1(CNC(=O)NC(C)C)CCC1. The minimum Gasteiger partial charge on any atom is -0.338 e. The van der Waals surface area contributed by atoms with Gasteiger partial charge in [0.2, 0.25) is 0 Å². The molecule has 1 rings (SSSR count). The Bertz CT molecular complexity index is 192. The van der Waals surface area contributed by atoms with Crippen molar-refractivity contribution in [1.29, 1.82) is 0 Å². The van der Waals surface area contributed by atoms with E-state index in [0.29, 0.717) is 5.41 Å². The van der Waals surface area contributed by atoms with Crippen LogP contribution >= 0.6 is 0 Å². The van der Waals surface area contributed by atoms with Crippen molar-refractivity contribution in [1.82, 2.24) is 10.6 Å². The van der Waals surface area contributed by atoms with Gasteiger partial charge < -0.3 is 10.6 Å². The molecule has 0 bridgehead atoms. The predicted octanol–water partition coefficient (Wildman–Crippen LogP) is 2.27. The lowest BCUT2D eigenvalue weighted by atomic mass is 9.67. The predicted molar refractivity (Wildman–Crippen MR) is 58.2 cm³/mol. The molecule has 2 N–H and O–H groups in total. The maximum Gasteiger partial charge on any atom is 0.315 e. The van der Waals surface area contributed by atoms with Gasteiger partial charge in [-0.3, -0.25) is 0 Å². The van der Waals surface area contributed by atoms with E-state index in [9.17, 15) is 4.79 Å². The molecule has 82 valence electrons. The van der Waals surface area contributed by atoms with Crippen LogP contribution in [-0.2, 0) is 0 Å². The van der Waals surface area contributed by atoms with Crippen LogP contribution < -0.4 is 10.6 Å². The molecule has 1 aliphatic carbocycles. The number of carbonyl (C=O) groups excluding carboxylic acids is 1. The zero-order chi connectivity index (χ0) is 10.6. The molecule has 0 aromatic rings. The highest BCUT2D eigenvalue weighted by Gasteiger charge is 2.35. The topological polar surface area (TPSA) is 41.1 Å². The lowest BCUT2D eigenvalue weighted by molar-refractivity contribution is 0.126. The largest absolute Gasteiger partial charge is 0.338 e. The molecule has 14 heavy (non-hydrogen) atoms. The van der Waals surface area contributed by atoms with Crippen LogP contribution in [0, 0.1) is 5.41 Å². The summed E-state index contributed by atoms with van der Waals surface area (Å²) in [6.07, 6.45) is 5.03. The third kappa shape index (κ3) is 2.89. The van der Waals surface area contributed by atoms with E-state index in [0.717, 1.165) is 6.54 Å². The van der Waals surface area contributed by atoms with Crippen LogP contribution in [-0.4, -0.2) is 18.6 Å². The fourth-order valence-corrected chi connectivity index (χ4v) is 1.91. The summed E-state index contributed by atoms with van der Waals surface area (Å²) in [5.74, 6) is 0. The van der Waals surface area contributed by atoms with Gasteiger partial charge in [0.1, 0.15) is 0 Å². The zero-order valence-corrected chi connectivity index (χ0v) is 9.52. The first-order valence-corrected chi connectivity index (χ1v) is 5.62. The first-order valence-electron chi connectivity index (χ1n) is 5.62. The van der Waals surface area contributed by atoms with Gasteiger partial charge >= 0.3 is 6.03 Å². The second kappa shape index (κ2) is 4.67. The maximum atomic E-state index is 11.3. The van der Waals surface area contributed by atoms with Crippen molar-refractivity contribution in [3.05, 3.63) is 0 Å². The van der Waals surface area contributed by atoms with Crippen LogP contribution in [0.25, 0.3) is 0 Å². The summed E-state index contributed by atoms with van der Waals surface area (Å²) >= 11 is 0. The molecular weight excluding hydrogens is 176 g/mol. The molecule has 0 unspecified atom stereocenters. The van der Waals surface area contributed by atoms with E-state index in [1.54, 1.807) is 0 Å². The summed E-state index contributed by atoms with van der Waals surface area (Å²) < 4.78 is 0.